The molecule has 0 amide bonds. The molecule has 0 spiro atoms. The van der Waals surface area contributed by atoms with E-state index in [0.29, 0.717) is 11.8 Å². The highest BCUT2D eigenvalue weighted by Crippen LogP contribution is 2.49. The van der Waals surface area contributed by atoms with Crippen molar-refractivity contribution in [3.8, 4) is 0 Å². The Bertz CT molecular complexity index is 398. The van der Waals surface area contributed by atoms with E-state index >= 15 is 0 Å². The molecule has 1 aromatic carbocycles. The molecule has 0 aliphatic heterocycles. The highest BCUT2D eigenvalue weighted by molar-refractivity contribution is 5.26. The lowest BCUT2D eigenvalue weighted by Crippen LogP contribution is -1.88. The van der Waals surface area contributed by atoms with Crippen molar-refractivity contribution in [2.75, 3.05) is 0 Å². The lowest BCUT2D eigenvalue weighted by molar-refractivity contribution is -0.191. The van der Waals surface area contributed by atoms with Crippen LogP contribution in [-0.2, 0) is 9.59 Å². The van der Waals surface area contributed by atoms with E-state index in [0.717, 1.165) is 18.4 Å². The second-order valence-electron chi connectivity index (χ2n) is 3.77. The van der Waals surface area contributed by atoms with Crippen molar-refractivity contribution in [1.29, 1.82) is 0 Å². The van der Waals surface area contributed by atoms with Gasteiger partial charge in [-0.3, -0.25) is 0 Å². The van der Waals surface area contributed by atoms with Crippen LogP contribution in [-0.4, -0.2) is 6.15 Å². The summed E-state index contributed by atoms with van der Waals surface area (Å²) in [6, 6.07) is 4.24. The van der Waals surface area contributed by atoms with Crippen LogP contribution in [0.4, 0.5) is 8.78 Å². The monoisotopic (exact) mass is 226 g/mol. The van der Waals surface area contributed by atoms with Crippen LogP contribution >= 0.6 is 0 Å². The van der Waals surface area contributed by atoms with Crippen LogP contribution in [0.15, 0.2) is 18.2 Å². The Kier molecular flexibility index (Phi) is 4.32. The predicted octanol–water partition coefficient (Wildman–Crippen LogP) is 2.89. The third-order valence-corrected chi connectivity index (χ3v) is 2.82. The summed E-state index contributed by atoms with van der Waals surface area (Å²) in [6.45, 7) is 2.13. The standard InChI is InChI=1S/C11H12F2.CO2/c1-2-7-5-9(7)8-3-4-10(12)11(13)6-8;2-1-3/h3-4,6-7,9H,2,5H2,1H3;/t7?,9-;/m1./s1. The summed E-state index contributed by atoms with van der Waals surface area (Å²) in [5, 5.41) is 0. The van der Waals surface area contributed by atoms with Gasteiger partial charge in [0.05, 0.1) is 0 Å². The first-order valence-corrected chi connectivity index (χ1v) is 5.08. The van der Waals surface area contributed by atoms with Gasteiger partial charge in [0.15, 0.2) is 11.6 Å². The van der Waals surface area contributed by atoms with Crippen LogP contribution in [0.2, 0.25) is 0 Å². The minimum Gasteiger partial charge on any atom is -0.204 e. The minimum atomic E-state index is -0.752. The van der Waals surface area contributed by atoms with Gasteiger partial charge in [0.2, 0.25) is 0 Å². The summed E-state index contributed by atoms with van der Waals surface area (Å²) in [7, 11) is 0. The van der Waals surface area contributed by atoms with E-state index in [1.54, 1.807) is 6.07 Å². The molecule has 1 fully saturated rings. The van der Waals surface area contributed by atoms with Crippen molar-refractivity contribution in [2.45, 2.75) is 25.7 Å². The Morgan fingerprint density at radius 2 is 1.94 bits per heavy atom. The normalized spacial score (nSPS) is 21.7. The van der Waals surface area contributed by atoms with Crippen LogP contribution in [0.25, 0.3) is 0 Å². The highest BCUT2D eigenvalue weighted by Gasteiger charge is 2.36. The third-order valence-electron chi connectivity index (χ3n) is 2.82. The predicted molar refractivity (Wildman–Crippen MR) is 52.5 cm³/mol. The Balaban J connectivity index is 0.000000386. The van der Waals surface area contributed by atoms with Crippen molar-refractivity contribution in [1.82, 2.24) is 0 Å². The van der Waals surface area contributed by atoms with Crippen molar-refractivity contribution in [3.63, 3.8) is 0 Å². The fraction of sp³-hybridized carbons (Fsp3) is 0.417. The molecular weight excluding hydrogens is 214 g/mol. The molecule has 0 heterocycles. The Labute approximate surface area is 92.3 Å². The summed E-state index contributed by atoms with van der Waals surface area (Å²) in [5.41, 5.74) is 0.950. The molecule has 2 nitrogen and oxygen atoms in total. The zero-order valence-electron chi connectivity index (χ0n) is 8.87. The van der Waals surface area contributed by atoms with E-state index in [2.05, 4.69) is 6.92 Å². The van der Waals surface area contributed by atoms with Gasteiger partial charge in [-0.1, -0.05) is 19.4 Å². The van der Waals surface area contributed by atoms with Crippen LogP contribution in [0.5, 0.6) is 0 Å². The Hall–Kier alpha value is -1.54. The number of rotatable bonds is 2. The van der Waals surface area contributed by atoms with E-state index in [1.807, 2.05) is 0 Å². The lowest BCUT2D eigenvalue weighted by Gasteiger charge is -1.99. The molecule has 1 unspecified atom stereocenters. The molecule has 16 heavy (non-hydrogen) atoms. The Morgan fingerprint density at radius 1 is 1.31 bits per heavy atom. The molecule has 2 atom stereocenters. The molecule has 1 aliphatic carbocycles. The molecule has 86 valence electrons. The fourth-order valence-electron chi connectivity index (χ4n) is 1.85. The third kappa shape index (κ3) is 2.97. The molecule has 1 aromatic rings. The van der Waals surface area contributed by atoms with E-state index in [4.69, 9.17) is 9.59 Å². The summed E-state index contributed by atoms with van der Waals surface area (Å²) >= 11 is 0. The maximum absolute atomic E-state index is 12.8. The van der Waals surface area contributed by atoms with Crippen LogP contribution < -0.4 is 0 Å². The van der Waals surface area contributed by atoms with E-state index in [9.17, 15) is 8.78 Å². The van der Waals surface area contributed by atoms with Crippen LogP contribution in [0, 0.1) is 17.6 Å². The van der Waals surface area contributed by atoms with E-state index < -0.39 is 11.6 Å². The molecular formula is C12H12F2O2. The van der Waals surface area contributed by atoms with Crippen molar-refractivity contribution < 1.29 is 18.4 Å². The maximum Gasteiger partial charge on any atom is 0.373 e. The van der Waals surface area contributed by atoms with Crippen molar-refractivity contribution in [3.05, 3.63) is 35.4 Å². The number of carbonyl (C=O) groups excluding carboxylic acids is 2. The molecule has 0 bridgehead atoms. The fourth-order valence-corrected chi connectivity index (χ4v) is 1.85. The van der Waals surface area contributed by atoms with Crippen molar-refractivity contribution >= 4 is 6.15 Å². The topological polar surface area (TPSA) is 34.1 Å². The highest BCUT2D eigenvalue weighted by atomic mass is 19.2. The summed E-state index contributed by atoms with van der Waals surface area (Å²) in [5.74, 6) is -0.318. The van der Waals surface area contributed by atoms with Gasteiger partial charge < -0.3 is 0 Å². The molecule has 0 N–H and O–H groups in total. The zero-order valence-corrected chi connectivity index (χ0v) is 8.87. The molecule has 0 radical (unpaired) electrons. The van der Waals surface area contributed by atoms with Crippen LogP contribution in [0.3, 0.4) is 0 Å². The second-order valence-corrected chi connectivity index (χ2v) is 3.77. The maximum atomic E-state index is 12.8. The van der Waals surface area contributed by atoms with Crippen LogP contribution in [0.1, 0.15) is 31.2 Å². The Morgan fingerprint density at radius 3 is 2.38 bits per heavy atom. The number of benzene rings is 1. The number of hydrogen-bond acceptors (Lipinski definition) is 2. The first-order valence-electron chi connectivity index (χ1n) is 5.08. The van der Waals surface area contributed by atoms with Gasteiger partial charge in [-0.15, -0.1) is 0 Å². The number of hydrogen-bond donors (Lipinski definition) is 0. The first kappa shape index (κ1) is 12.5. The SMILES string of the molecule is CCC1C[C@H]1c1ccc(F)c(F)c1.O=C=O. The van der Waals surface area contributed by atoms with Gasteiger partial charge in [-0.05, 0) is 36.0 Å². The van der Waals surface area contributed by atoms with Crippen molar-refractivity contribution in [2.24, 2.45) is 5.92 Å². The largest absolute Gasteiger partial charge is 0.373 e. The molecule has 1 saturated carbocycles. The average molecular weight is 226 g/mol. The van der Waals surface area contributed by atoms with Gasteiger partial charge >= 0.3 is 6.15 Å². The summed E-state index contributed by atoms with van der Waals surface area (Å²) < 4.78 is 25.4. The average Bonchev–Trinajstić information content (AvgIpc) is 3.02. The first-order chi connectivity index (χ1) is 7.63. The van der Waals surface area contributed by atoms with E-state index in [1.165, 1.54) is 12.1 Å². The smallest absolute Gasteiger partial charge is 0.204 e. The van der Waals surface area contributed by atoms with Gasteiger partial charge in [-0.25, -0.2) is 8.78 Å². The second kappa shape index (κ2) is 5.52. The molecule has 0 saturated heterocycles. The summed E-state index contributed by atoms with van der Waals surface area (Å²) in [4.78, 5) is 16.2. The quantitative estimate of drug-likeness (QED) is 0.777. The molecule has 1 aliphatic rings. The minimum absolute atomic E-state index is 0.250. The zero-order chi connectivity index (χ0) is 12.1. The van der Waals surface area contributed by atoms with Gasteiger partial charge in [-0.2, -0.15) is 9.59 Å². The molecule has 0 aromatic heterocycles. The lowest BCUT2D eigenvalue weighted by atomic mass is 10.1. The van der Waals surface area contributed by atoms with Gasteiger partial charge in [0.1, 0.15) is 0 Å². The number of halogens is 2. The van der Waals surface area contributed by atoms with Gasteiger partial charge in [0.25, 0.3) is 0 Å². The molecule has 4 heteroatoms. The van der Waals surface area contributed by atoms with E-state index in [-0.39, 0.29) is 6.15 Å². The van der Waals surface area contributed by atoms with Gasteiger partial charge in [0, 0.05) is 0 Å². The molecule has 2 rings (SSSR count). The summed E-state index contributed by atoms with van der Waals surface area (Å²) in [6.07, 6.45) is 2.51.